The molecule has 9 heteroatoms. The van der Waals surface area contributed by atoms with E-state index in [-0.39, 0.29) is 19.0 Å². The van der Waals surface area contributed by atoms with Crippen molar-refractivity contribution in [3.8, 4) is 5.75 Å². The Hall–Kier alpha value is -4.11. The van der Waals surface area contributed by atoms with E-state index in [4.69, 9.17) is 9.15 Å². The first-order valence-electron chi connectivity index (χ1n) is 10.7. The van der Waals surface area contributed by atoms with E-state index >= 15 is 0 Å². The summed E-state index contributed by atoms with van der Waals surface area (Å²) in [5, 5.41) is 3.57. The Kier molecular flexibility index (Phi) is 5.77. The molecule has 0 aliphatic rings. The summed E-state index contributed by atoms with van der Waals surface area (Å²) in [6, 6.07) is 17.9. The monoisotopic (exact) mass is 475 g/mol. The Morgan fingerprint density at radius 1 is 1.03 bits per heavy atom. The Balaban J connectivity index is 1.57. The van der Waals surface area contributed by atoms with Gasteiger partial charge in [-0.3, -0.25) is 18.7 Å². The minimum atomic E-state index is -0.570. The lowest BCUT2D eigenvalue weighted by Gasteiger charge is -2.12. The predicted octanol–water partition coefficient (Wildman–Crippen LogP) is 4.06. The van der Waals surface area contributed by atoms with Gasteiger partial charge in [-0.2, -0.15) is 0 Å². The molecular formula is C25H21N3O5S. The van der Waals surface area contributed by atoms with E-state index in [1.165, 1.54) is 22.2 Å². The van der Waals surface area contributed by atoms with Gasteiger partial charge in [0.2, 0.25) is 5.91 Å². The van der Waals surface area contributed by atoms with Crippen LogP contribution in [0.5, 0.6) is 5.75 Å². The zero-order valence-electron chi connectivity index (χ0n) is 18.3. The molecular weight excluding hydrogens is 454 g/mol. The number of carbonyl (C=O) groups is 1. The fourth-order valence-electron chi connectivity index (χ4n) is 3.89. The molecule has 0 spiro atoms. The first-order chi connectivity index (χ1) is 16.5. The maximum atomic E-state index is 13.5. The average molecular weight is 476 g/mol. The summed E-state index contributed by atoms with van der Waals surface area (Å²) >= 11 is 1.31. The fourth-order valence-corrected chi connectivity index (χ4v) is 5.04. The van der Waals surface area contributed by atoms with Gasteiger partial charge in [-0.1, -0.05) is 18.2 Å². The van der Waals surface area contributed by atoms with Crippen LogP contribution in [0.15, 0.2) is 80.9 Å². The third-order valence-corrected chi connectivity index (χ3v) is 6.53. The lowest BCUT2D eigenvalue weighted by atomic mass is 10.2. The smallest absolute Gasteiger partial charge is 0.332 e. The van der Waals surface area contributed by atoms with Crippen LogP contribution in [0.25, 0.3) is 20.3 Å². The minimum Gasteiger partial charge on any atom is -0.494 e. The number of hydrogen-bond acceptors (Lipinski definition) is 6. The van der Waals surface area contributed by atoms with Crippen LogP contribution in [0.1, 0.15) is 12.7 Å². The molecule has 0 fully saturated rings. The molecule has 34 heavy (non-hydrogen) atoms. The molecule has 0 unspecified atom stereocenters. The summed E-state index contributed by atoms with van der Waals surface area (Å²) in [5.74, 6) is 0.796. The molecule has 5 rings (SSSR count). The summed E-state index contributed by atoms with van der Waals surface area (Å²) in [4.78, 5) is 39.7. The summed E-state index contributed by atoms with van der Waals surface area (Å²) in [6.45, 7) is 2.18. The number of nitrogens with zero attached hydrogens (tertiary/aromatic N) is 2. The van der Waals surface area contributed by atoms with Crippen molar-refractivity contribution in [3.63, 3.8) is 0 Å². The van der Waals surface area contributed by atoms with Crippen LogP contribution < -0.4 is 21.3 Å². The molecule has 0 bridgehead atoms. The Labute approximate surface area is 197 Å². The highest BCUT2D eigenvalue weighted by Gasteiger charge is 2.20. The van der Waals surface area contributed by atoms with E-state index in [1.807, 2.05) is 31.2 Å². The number of rotatable bonds is 7. The van der Waals surface area contributed by atoms with Crippen molar-refractivity contribution in [1.29, 1.82) is 0 Å². The fraction of sp³-hybridized carbons (Fsp3) is 0.160. The number of fused-ring (bicyclic) bond motifs is 3. The van der Waals surface area contributed by atoms with E-state index in [0.717, 1.165) is 14.7 Å². The summed E-state index contributed by atoms with van der Waals surface area (Å²) < 4.78 is 14.5. The molecule has 0 radical (unpaired) electrons. The van der Waals surface area contributed by atoms with Gasteiger partial charge < -0.3 is 14.5 Å². The van der Waals surface area contributed by atoms with Crippen LogP contribution in [0.4, 0.5) is 5.69 Å². The van der Waals surface area contributed by atoms with Gasteiger partial charge in [0.1, 0.15) is 22.8 Å². The highest BCUT2D eigenvalue weighted by Crippen LogP contribution is 2.31. The van der Waals surface area contributed by atoms with Crippen molar-refractivity contribution < 1.29 is 13.9 Å². The Morgan fingerprint density at radius 2 is 1.82 bits per heavy atom. The summed E-state index contributed by atoms with van der Waals surface area (Å²) in [7, 11) is 0. The number of ether oxygens (including phenoxy) is 1. The highest BCUT2D eigenvalue weighted by molar-refractivity contribution is 7.25. The van der Waals surface area contributed by atoms with Crippen LogP contribution in [-0.2, 0) is 17.9 Å². The standard InChI is InChI=1S/C25H21N3O5S/c1-2-32-17-11-9-16(10-12-17)26-21(29)15-27-22-19-7-3-4-8-20(19)34-23(22)24(30)28(25(27)31)14-18-6-5-13-33-18/h3-13H,2,14-15H2,1H3,(H,26,29). The minimum absolute atomic E-state index is 0.0185. The molecule has 3 heterocycles. The molecule has 1 N–H and O–H groups in total. The second-order valence-electron chi connectivity index (χ2n) is 7.62. The van der Waals surface area contributed by atoms with E-state index < -0.39 is 11.2 Å². The van der Waals surface area contributed by atoms with E-state index in [1.54, 1.807) is 36.4 Å². The van der Waals surface area contributed by atoms with Crippen molar-refractivity contribution in [1.82, 2.24) is 9.13 Å². The van der Waals surface area contributed by atoms with Crippen molar-refractivity contribution in [2.75, 3.05) is 11.9 Å². The zero-order valence-corrected chi connectivity index (χ0v) is 19.1. The predicted molar refractivity (Wildman–Crippen MR) is 132 cm³/mol. The third kappa shape index (κ3) is 4.01. The third-order valence-electron chi connectivity index (χ3n) is 5.39. The van der Waals surface area contributed by atoms with E-state index in [2.05, 4.69) is 5.32 Å². The molecule has 172 valence electrons. The average Bonchev–Trinajstić information content (AvgIpc) is 3.49. The Morgan fingerprint density at radius 3 is 2.56 bits per heavy atom. The van der Waals surface area contributed by atoms with Crippen LogP contribution >= 0.6 is 11.3 Å². The van der Waals surface area contributed by atoms with Gasteiger partial charge in [-0.15, -0.1) is 11.3 Å². The van der Waals surface area contributed by atoms with Gasteiger partial charge in [0, 0.05) is 15.8 Å². The number of nitrogens with one attached hydrogen (secondary N) is 1. The highest BCUT2D eigenvalue weighted by atomic mass is 32.1. The van der Waals surface area contributed by atoms with Gasteiger partial charge in [-0.25, -0.2) is 4.79 Å². The van der Waals surface area contributed by atoms with Crippen LogP contribution in [-0.4, -0.2) is 21.6 Å². The van der Waals surface area contributed by atoms with Gasteiger partial charge in [0.05, 0.1) is 24.9 Å². The molecule has 0 aliphatic carbocycles. The van der Waals surface area contributed by atoms with Gasteiger partial charge >= 0.3 is 5.69 Å². The number of hydrogen-bond donors (Lipinski definition) is 1. The summed E-state index contributed by atoms with van der Waals surface area (Å²) in [6.07, 6.45) is 1.49. The molecule has 0 saturated heterocycles. The summed E-state index contributed by atoms with van der Waals surface area (Å²) in [5.41, 5.74) is 0.0741. The maximum Gasteiger partial charge on any atom is 0.332 e. The Bertz CT molecular complexity index is 1590. The zero-order chi connectivity index (χ0) is 23.7. The quantitative estimate of drug-likeness (QED) is 0.383. The van der Waals surface area contributed by atoms with Crippen LogP contribution in [0.2, 0.25) is 0 Å². The van der Waals surface area contributed by atoms with Gasteiger partial charge in [-0.05, 0) is 49.4 Å². The molecule has 1 amide bonds. The number of amides is 1. The molecule has 2 aromatic carbocycles. The second-order valence-corrected chi connectivity index (χ2v) is 8.67. The number of anilines is 1. The SMILES string of the molecule is CCOc1ccc(NC(=O)Cn2c(=O)n(Cc3ccco3)c(=O)c3sc4ccccc4c32)cc1. The molecule has 0 atom stereocenters. The number of furan rings is 1. The molecule has 5 aromatic rings. The maximum absolute atomic E-state index is 13.5. The van der Waals surface area contributed by atoms with E-state index in [0.29, 0.717) is 34.0 Å². The van der Waals surface area contributed by atoms with Crippen molar-refractivity contribution >= 4 is 43.2 Å². The van der Waals surface area contributed by atoms with Crippen molar-refractivity contribution in [2.24, 2.45) is 0 Å². The number of aromatic nitrogens is 2. The molecule has 8 nitrogen and oxygen atoms in total. The van der Waals surface area contributed by atoms with Gasteiger partial charge in [0.15, 0.2) is 0 Å². The van der Waals surface area contributed by atoms with Crippen LogP contribution in [0, 0.1) is 0 Å². The largest absolute Gasteiger partial charge is 0.494 e. The van der Waals surface area contributed by atoms with Crippen molar-refractivity contribution in [3.05, 3.63) is 93.5 Å². The lowest BCUT2D eigenvalue weighted by molar-refractivity contribution is -0.116. The van der Waals surface area contributed by atoms with E-state index in [9.17, 15) is 14.4 Å². The molecule has 3 aromatic heterocycles. The van der Waals surface area contributed by atoms with Crippen LogP contribution in [0.3, 0.4) is 0 Å². The number of carbonyl (C=O) groups excluding carboxylic acids is 1. The normalized spacial score (nSPS) is 11.2. The molecule has 0 saturated carbocycles. The molecule has 0 aliphatic heterocycles. The number of benzene rings is 2. The second kappa shape index (κ2) is 9.03. The first-order valence-corrected chi connectivity index (χ1v) is 11.6. The lowest BCUT2D eigenvalue weighted by Crippen LogP contribution is -2.41. The van der Waals surface area contributed by atoms with Gasteiger partial charge in [0.25, 0.3) is 5.56 Å². The number of thiophene rings is 1. The van der Waals surface area contributed by atoms with Crippen molar-refractivity contribution in [2.45, 2.75) is 20.0 Å². The first kappa shape index (κ1) is 21.7. The topological polar surface area (TPSA) is 95.5 Å².